The van der Waals surface area contributed by atoms with E-state index < -0.39 is 11.9 Å². The summed E-state index contributed by atoms with van der Waals surface area (Å²) in [6.45, 7) is 2.62. The van der Waals surface area contributed by atoms with Gasteiger partial charge in [-0.2, -0.15) is 0 Å². The summed E-state index contributed by atoms with van der Waals surface area (Å²) < 4.78 is 0. The number of hydrogen-bond donors (Lipinski definition) is 1. The van der Waals surface area contributed by atoms with Crippen LogP contribution in [-0.4, -0.2) is 24.7 Å². The second-order valence-corrected chi connectivity index (χ2v) is 4.65. The topological polar surface area (TPSA) is 40.5 Å². The molecule has 86 valence electrons. The Kier molecular flexibility index (Phi) is 2.80. The van der Waals surface area contributed by atoms with Gasteiger partial charge in [0.25, 0.3) is 0 Å². The van der Waals surface area contributed by atoms with Crippen molar-refractivity contribution in [2.75, 3.05) is 18.5 Å². The van der Waals surface area contributed by atoms with Crippen LogP contribution >= 0.6 is 11.6 Å². The third-order valence-electron chi connectivity index (χ3n) is 3.13. The first kappa shape index (κ1) is 11.3. The number of aliphatic carboxylic acids is 1. The highest BCUT2D eigenvalue weighted by atomic mass is 35.5. The predicted molar refractivity (Wildman–Crippen MR) is 64.5 cm³/mol. The van der Waals surface area contributed by atoms with E-state index >= 15 is 0 Å². The second kappa shape index (κ2) is 3.98. The van der Waals surface area contributed by atoms with Gasteiger partial charge in [0, 0.05) is 13.6 Å². The van der Waals surface area contributed by atoms with Gasteiger partial charge in [-0.25, -0.2) is 0 Å². The minimum atomic E-state index is -0.817. The van der Waals surface area contributed by atoms with Crippen molar-refractivity contribution in [2.45, 2.75) is 19.3 Å². The van der Waals surface area contributed by atoms with Gasteiger partial charge in [0.05, 0.1) is 16.6 Å². The van der Waals surface area contributed by atoms with Gasteiger partial charge >= 0.3 is 5.97 Å². The molecule has 1 atom stereocenters. The Morgan fingerprint density at radius 3 is 2.88 bits per heavy atom. The van der Waals surface area contributed by atoms with E-state index in [-0.39, 0.29) is 0 Å². The second-order valence-electron chi connectivity index (χ2n) is 4.24. The van der Waals surface area contributed by atoms with Crippen LogP contribution in [0.4, 0.5) is 5.69 Å². The van der Waals surface area contributed by atoms with Crippen molar-refractivity contribution in [3.05, 3.63) is 28.3 Å². The van der Waals surface area contributed by atoms with Crippen LogP contribution in [0.25, 0.3) is 0 Å². The molecule has 0 saturated carbocycles. The lowest BCUT2D eigenvalue weighted by Gasteiger charge is -2.15. The summed E-state index contributed by atoms with van der Waals surface area (Å²) in [5.74, 6) is -1.32. The number of anilines is 1. The Hall–Kier alpha value is -1.22. The number of halogens is 1. The maximum atomic E-state index is 10.9. The highest BCUT2D eigenvalue weighted by Crippen LogP contribution is 2.37. The molecule has 1 N–H and O–H groups in total. The number of rotatable bonds is 2. The van der Waals surface area contributed by atoms with Gasteiger partial charge in [0.2, 0.25) is 0 Å². The normalized spacial score (nSPS) is 16.1. The monoisotopic (exact) mass is 239 g/mol. The molecule has 16 heavy (non-hydrogen) atoms. The molecule has 4 heteroatoms. The number of fused-ring (bicyclic) bond motifs is 1. The number of nitrogens with zero attached hydrogens (tertiary/aromatic N) is 1. The van der Waals surface area contributed by atoms with E-state index in [1.165, 1.54) is 0 Å². The zero-order chi connectivity index (χ0) is 11.9. The van der Waals surface area contributed by atoms with Crippen LogP contribution in [0.2, 0.25) is 5.02 Å². The summed E-state index contributed by atoms with van der Waals surface area (Å²) >= 11 is 6.18. The van der Waals surface area contributed by atoms with Gasteiger partial charge in [-0.3, -0.25) is 4.79 Å². The van der Waals surface area contributed by atoms with E-state index in [1.54, 1.807) is 13.0 Å². The van der Waals surface area contributed by atoms with Crippen molar-refractivity contribution in [3.8, 4) is 0 Å². The maximum absolute atomic E-state index is 10.9. The highest BCUT2D eigenvalue weighted by molar-refractivity contribution is 6.33. The summed E-state index contributed by atoms with van der Waals surface area (Å²) in [7, 11) is 2.00. The van der Waals surface area contributed by atoms with Gasteiger partial charge in [-0.15, -0.1) is 0 Å². The lowest BCUT2D eigenvalue weighted by molar-refractivity contribution is -0.138. The fraction of sp³-hybridized carbons (Fsp3) is 0.417. The average Bonchev–Trinajstić information content (AvgIpc) is 2.59. The van der Waals surface area contributed by atoms with Crippen molar-refractivity contribution in [3.63, 3.8) is 0 Å². The molecule has 0 aromatic heterocycles. The van der Waals surface area contributed by atoms with Crippen LogP contribution in [0.3, 0.4) is 0 Å². The Labute approximate surface area is 99.6 Å². The quantitative estimate of drug-likeness (QED) is 0.862. The summed E-state index contributed by atoms with van der Waals surface area (Å²) in [5, 5.41) is 9.63. The van der Waals surface area contributed by atoms with Crippen LogP contribution in [0, 0.1) is 0 Å². The first-order chi connectivity index (χ1) is 7.50. The Morgan fingerprint density at radius 2 is 2.25 bits per heavy atom. The lowest BCUT2D eigenvalue weighted by atomic mass is 9.98. The Balaban J connectivity index is 2.46. The van der Waals surface area contributed by atoms with Crippen molar-refractivity contribution < 1.29 is 9.90 Å². The standard InChI is InChI=1S/C12H14ClNO2/c1-7(12(15)16)9-5-8-3-4-14(2)11(8)10(13)6-9/h5-7H,3-4H2,1-2H3,(H,15,16). The first-order valence-electron chi connectivity index (χ1n) is 5.27. The van der Waals surface area contributed by atoms with Gasteiger partial charge in [0.15, 0.2) is 0 Å². The molecule has 1 aromatic rings. The number of carboxylic acids is 1. The van der Waals surface area contributed by atoms with Crippen LogP contribution in [0.1, 0.15) is 24.0 Å². The molecule has 1 aliphatic rings. The molecule has 0 radical (unpaired) electrons. The highest BCUT2D eigenvalue weighted by Gasteiger charge is 2.22. The third kappa shape index (κ3) is 1.76. The van der Waals surface area contributed by atoms with E-state index in [0.29, 0.717) is 5.02 Å². The van der Waals surface area contributed by atoms with E-state index in [9.17, 15) is 4.79 Å². The number of hydrogen-bond acceptors (Lipinski definition) is 2. The molecule has 0 bridgehead atoms. The molecular formula is C12H14ClNO2. The number of benzene rings is 1. The molecule has 0 saturated heterocycles. The number of carbonyl (C=O) groups is 1. The van der Waals surface area contributed by atoms with Gasteiger partial charge in [-0.05, 0) is 30.5 Å². The van der Waals surface area contributed by atoms with Crippen LogP contribution in [0.5, 0.6) is 0 Å². The zero-order valence-corrected chi connectivity index (χ0v) is 10.1. The van der Waals surface area contributed by atoms with Gasteiger partial charge in [-0.1, -0.05) is 17.7 Å². The molecule has 1 unspecified atom stereocenters. The van der Waals surface area contributed by atoms with Crippen LogP contribution in [0.15, 0.2) is 12.1 Å². The Bertz CT molecular complexity index is 445. The van der Waals surface area contributed by atoms with Gasteiger partial charge in [0.1, 0.15) is 0 Å². The average molecular weight is 240 g/mol. The van der Waals surface area contributed by atoms with Crippen molar-refractivity contribution >= 4 is 23.3 Å². The third-order valence-corrected chi connectivity index (χ3v) is 3.42. The summed E-state index contributed by atoms with van der Waals surface area (Å²) in [4.78, 5) is 13.0. The summed E-state index contributed by atoms with van der Waals surface area (Å²) in [6.07, 6.45) is 0.936. The first-order valence-corrected chi connectivity index (χ1v) is 5.64. The maximum Gasteiger partial charge on any atom is 0.310 e. The molecule has 2 rings (SSSR count). The zero-order valence-electron chi connectivity index (χ0n) is 9.33. The molecule has 1 aromatic carbocycles. The SMILES string of the molecule is CC(C(=O)O)c1cc(Cl)c2c(c1)CCN2C. The smallest absolute Gasteiger partial charge is 0.310 e. The Morgan fingerprint density at radius 1 is 1.56 bits per heavy atom. The fourth-order valence-corrected chi connectivity index (χ4v) is 2.48. The van der Waals surface area contributed by atoms with E-state index in [4.69, 9.17) is 16.7 Å². The number of likely N-dealkylation sites (N-methyl/N-ethyl adjacent to an activating group) is 1. The molecule has 0 spiro atoms. The molecule has 3 nitrogen and oxygen atoms in total. The molecule has 0 amide bonds. The lowest BCUT2D eigenvalue weighted by Crippen LogP contribution is -2.13. The minimum Gasteiger partial charge on any atom is -0.481 e. The van der Waals surface area contributed by atoms with Gasteiger partial charge < -0.3 is 10.0 Å². The van der Waals surface area contributed by atoms with Crippen molar-refractivity contribution in [1.82, 2.24) is 0 Å². The van der Waals surface area contributed by atoms with Crippen molar-refractivity contribution in [2.24, 2.45) is 0 Å². The fourth-order valence-electron chi connectivity index (χ4n) is 2.09. The molecular weight excluding hydrogens is 226 g/mol. The van der Waals surface area contributed by atoms with E-state index in [0.717, 1.165) is 29.8 Å². The van der Waals surface area contributed by atoms with E-state index in [1.807, 2.05) is 13.1 Å². The molecule has 1 aliphatic heterocycles. The summed E-state index contributed by atoms with van der Waals surface area (Å²) in [5.41, 5.74) is 2.98. The number of carboxylic acid groups (broad SMARTS) is 1. The molecule has 0 aliphatic carbocycles. The van der Waals surface area contributed by atoms with Crippen molar-refractivity contribution in [1.29, 1.82) is 0 Å². The molecule has 1 heterocycles. The van der Waals surface area contributed by atoms with Crippen LogP contribution < -0.4 is 4.90 Å². The van der Waals surface area contributed by atoms with E-state index in [2.05, 4.69) is 4.90 Å². The summed E-state index contributed by atoms with van der Waals surface area (Å²) in [6, 6.07) is 3.73. The predicted octanol–water partition coefficient (Wildman–Crippen LogP) is 2.52. The molecule has 0 fully saturated rings. The minimum absolute atomic E-state index is 0.506. The van der Waals surface area contributed by atoms with Crippen LogP contribution in [-0.2, 0) is 11.2 Å². The largest absolute Gasteiger partial charge is 0.481 e.